The number of ketones is 1. The molecule has 1 N–H and O–H groups in total. The second-order valence-corrected chi connectivity index (χ2v) is 9.77. The Morgan fingerprint density at radius 1 is 1.16 bits per heavy atom. The van der Waals surface area contributed by atoms with Crippen LogP contribution in [0.4, 0.5) is 5.13 Å². The molecule has 1 aromatic heterocycles. The highest BCUT2D eigenvalue weighted by Crippen LogP contribution is 2.44. The van der Waals surface area contributed by atoms with E-state index in [0.29, 0.717) is 29.2 Å². The monoisotopic (exact) mass is 532 g/mol. The van der Waals surface area contributed by atoms with Gasteiger partial charge in [-0.05, 0) is 57.0 Å². The number of Topliss-reactive ketones (excluding diaryl/α,β-unsaturated/α-hetero) is 1. The van der Waals surface area contributed by atoms with Crippen molar-refractivity contribution >= 4 is 39.9 Å². The smallest absolute Gasteiger partial charge is 0.350 e. The predicted octanol–water partition coefficient (Wildman–Crippen LogP) is 5.44. The first-order valence-corrected chi connectivity index (χ1v) is 12.9. The molecule has 0 spiro atoms. The Kier molecular flexibility index (Phi) is 7.78. The van der Waals surface area contributed by atoms with Crippen LogP contribution in [0, 0.1) is 20.8 Å². The second-order valence-electron chi connectivity index (χ2n) is 8.79. The molecule has 9 heteroatoms. The number of aryl methyl sites for hydroxylation is 3. The molecule has 1 amide bonds. The average Bonchev–Trinajstić information content (AvgIpc) is 3.41. The molecule has 3 aromatic rings. The molecule has 38 heavy (non-hydrogen) atoms. The molecular formula is C29H28N2O6S. The summed E-state index contributed by atoms with van der Waals surface area (Å²) in [5.41, 5.74) is 2.98. The van der Waals surface area contributed by atoms with Gasteiger partial charge in [-0.1, -0.05) is 53.8 Å². The van der Waals surface area contributed by atoms with Crippen LogP contribution in [0.5, 0.6) is 5.75 Å². The Morgan fingerprint density at radius 3 is 2.53 bits per heavy atom. The number of hydrogen-bond acceptors (Lipinski definition) is 8. The van der Waals surface area contributed by atoms with Crippen molar-refractivity contribution in [1.82, 2.24) is 4.98 Å². The molecule has 2 aromatic carbocycles. The zero-order valence-electron chi connectivity index (χ0n) is 21.6. The van der Waals surface area contributed by atoms with E-state index in [2.05, 4.69) is 11.6 Å². The van der Waals surface area contributed by atoms with Crippen molar-refractivity contribution in [3.63, 3.8) is 0 Å². The molecule has 2 heterocycles. The van der Waals surface area contributed by atoms with Gasteiger partial charge in [0.15, 0.2) is 5.13 Å². The number of anilines is 1. The second kappa shape index (κ2) is 11.0. The fraction of sp³-hybridized carbons (Fsp3) is 0.241. The van der Waals surface area contributed by atoms with Gasteiger partial charge in [0.25, 0.3) is 5.78 Å². The third-order valence-electron chi connectivity index (χ3n) is 6.11. The van der Waals surface area contributed by atoms with Gasteiger partial charge in [-0.2, -0.15) is 0 Å². The minimum atomic E-state index is -0.982. The van der Waals surface area contributed by atoms with E-state index in [-0.39, 0.29) is 27.9 Å². The minimum absolute atomic E-state index is 0.0611. The van der Waals surface area contributed by atoms with Gasteiger partial charge in [0.1, 0.15) is 23.0 Å². The molecule has 1 saturated heterocycles. The molecule has 8 nitrogen and oxygen atoms in total. The quantitative estimate of drug-likeness (QED) is 0.135. The number of aliphatic hydroxyl groups is 1. The molecule has 1 atom stereocenters. The first-order valence-electron chi connectivity index (χ1n) is 12.0. The summed E-state index contributed by atoms with van der Waals surface area (Å²) in [7, 11) is 0. The third-order valence-corrected chi connectivity index (χ3v) is 7.25. The number of ether oxygens (including phenoxy) is 2. The van der Waals surface area contributed by atoms with E-state index < -0.39 is 23.7 Å². The largest absolute Gasteiger partial charge is 0.507 e. The van der Waals surface area contributed by atoms with Crippen LogP contribution in [0.2, 0.25) is 0 Å². The Labute approximate surface area is 224 Å². The highest BCUT2D eigenvalue weighted by Gasteiger charge is 2.48. The molecule has 196 valence electrons. The molecule has 0 radical (unpaired) electrons. The number of esters is 1. The maximum Gasteiger partial charge on any atom is 0.350 e. The van der Waals surface area contributed by atoms with Crippen molar-refractivity contribution in [2.45, 2.75) is 33.7 Å². The van der Waals surface area contributed by atoms with Gasteiger partial charge in [0, 0.05) is 5.56 Å². The Bertz CT molecular complexity index is 1450. The standard InChI is InChI=1S/C29H28N2O6S/c1-6-14-37-20-12-10-19(11-13-20)23-22(24(32)21-15-16(3)8-9-17(21)4)25(33)27(34)31(23)29-30-18(5)26(38-29)28(35)36-7-2/h6,8-13,15,23,32H,1,7,14H2,2-5H3/b24-22+. The summed E-state index contributed by atoms with van der Waals surface area (Å²) in [4.78, 5) is 45.3. The summed E-state index contributed by atoms with van der Waals surface area (Å²) in [5.74, 6) is -1.94. The van der Waals surface area contributed by atoms with Gasteiger partial charge in [-0.3, -0.25) is 14.5 Å². The molecular weight excluding hydrogens is 504 g/mol. The number of nitrogens with zero attached hydrogens (tertiary/aromatic N) is 2. The lowest BCUT2D eigenvalue weighted by Crippen LogP contribution is -2.29. The van der Waals surface area contributed by atoms with E-state index in [0.717, 1.165) is 22.5 Å². The van der Waals surface area contributed by atoms with Gasteiger partial charge < -0.3 is 14.6 Å². The number of aromatic nitrogens is 1. The van der Waals surface area contributed by atoms with E-state index in [1.807, 2.05) is 26.0 Å². The van der Waals surface area contributed by atoms with Crippen molar-refractivity contribution in [1.29, 1.82) is 0 Å². The van der Waals surface area contributed by atoms with Crippen LogP contribution in [0.3, 0.4) is 0 Å². The van der Waals surface area contributed by atoms with Crippen molar-refractivity contribution in [2.75, 3.05) is 18.1 Å². The Hall–Kier alpha value is -4.24. The number of amides is 1. The van der Waals surface area contributed by atoms with Gasteiger partial charge in [-0.15, -0.1) is 0 Å². The fourth-order valence-corrected chi connectivity index (χ4v) is 5.24. The summed E-state index contributed by atoms with van der Waals surface area (Å²) in [6.07, 6.45) is 1.62. The zero-order valence-corrected chi connectivity index (χ0v) is 22.4. The Balaban J connectivity index is 1.91. The van der Waals surface area contributed by atoms with Crippen LogP contribution >= 0.6 is 11.3 Å². The summed E-state index contributed by atoms with van der Waals surface area (Å²) < 4.78 is 10.7. The van der Waals surface area contributed by atoms with E-state index in [4.69, 9.17) is 9.47 Å². The maximum atomic E-state index is 13.5. The minimum Gasteiger partial charge on any atom is -0.507 e. The number of aliphatic hydroxyl groups excluding tert-OH is 1. The molecule has 0 saturated carbocycles. The average molecular weight is 533 g/mol. The molecule has 1 fully saturated rings. The van der Waals surface area contributed by atoms with Gasteiger partial charge >= 0.3 is 11.9 Å². The molecule has 4 rings (SSSR count). The number of benzene rings is 2. The maximum absolute atomic E-state index is 13.5. The molecule has 0 aliphatic carbocycles. The van der Waals surface area contributed by atoms with Gasteiger partial charge in [-0.25, -0.2) is 9.78 Å². The lowest BCUT2D eigenvalue weighted by molar-refractivity contribution is -0.132. The lowest BCUT2D eigenvalue weighted by atomic mass is 9.93. The lowest BCUT2D eigenvalue weighted by Gasteiger charge is -2.23. The van der Waals surface area contributed by atoms with Crippen molar-refractivity contribution in [2.24, 2.45) is 0 Å². The number of carbonyl (C=O) groups excluding carboxylic acids is 3. The van der Waals surface area contributed by atoms with Crippen LogP contribution in [0.15, 0.2) is 60.7 Å². The van der Waals surface area contributed by atoms with E-state index in [1.165, 1.54) is 4.90 Å². The summed E-state index contributed by atoms with van der Waals surface area (Å²) in [5, 5.41) is 11.6. The highest BCUT2D eigenvalue weighted by atomic mass is 32.1. The number of rotatable bonds is 8. The zero-order chi connectivity index (χ0) is 27.6. The molecule has 1 unspecified atom stereocenters. The first-order chi connectivity index (χ1) is 18.2. The Morgan fingerprint density at radius 2 is 1.87 bits per heavy atom. The number of thiazole rings is 1. The van der Waals surface area contributed by atoms with E-state index in [1.54, 1.807) is 50.3 Å². The fourth-order valence-electron chi connectivity index (χ4n) is 4.25. The van der Waals surface area contributed by atoms with Crippen LogP contribution in [0.1, 0.15) is 50.6 Å². The normalized spacial score (nSPS) is 16.5. The molecule has 0 bridgehead atoms. The van der Waals surface area contributed by atoms with Crippen LogP contribution in [-0.4, -0.2) is 41.0 Å². The van der Waals surface area contributed by atoms with Gasteiger partial charge in [0.05, 0.1) is 23.9 Å². The van der Waals surface area contributed by atoms with E-state index >= 15 is 0 Å². The predicted molar refractivity (Wildman–Crippen MR) is 146 cm³/mol. The van der Waals surface area contributed by atoms with Crippen LogP contribution in [-0.2, 0) is 14.3 Å². The van der Waals surface area contributed by atoms with Crippen molar-refractivity contribution in [3.8, 4) is 5.75 Å². The molecule has 1 aliphatic rings. The van der Waals surface area contributed by atoms with Crippen LogP contribution < -0.4 is 9.64 Å². The van der Waals surface area contributed by atoms with Crippen molar-refractivity contribution < 1.29 is 29.0 Å². The first kappa shape index (κ1) is 26.8. The summed E-state index contributed by atoms with van der Waals surface area (Å²) in [6, 6.07) is 11.4. The van der Waals surface area contributed by atoms with Gasteiger partial charge in [0.2, 0.25) is 0 Å². The topological polar surface area (TPSA) is 106 Å². The number of carbonyl (C=O) groups is 3. The summed E-state index contributed by atoms with van der Waals surface area (Å²) >= 11 is 0.966. The third kappa shape index (κ3) is 4.97. The summed E-state index contributed by atoms with van der Waals surface area (Å²) in [6.45, 7) is 11.2. The van der Waals surface area contributed by atoms with Crippen molar-refractivity contribution in [3.05, 3.63) is 93.5 Å². The van der Waals surface area contributed by atoms with E-state index in [9.17, 15) is 19.5 Å². The van der Waals surface area contributed by atoms with Crippen LogP contribution in [0.25, 0.3) is 5.76 Å². The SMILES string of the molecule is C=CCOc1ccc(C2/C(=C(\O)c3cc(C)ccc3C)C(=O)C(=O)N2c2nc(C)c(C(=O)OCC)s2)cc1. The highest BCUT2D eigenvalue weighted by molar-refractivity contribution is 7.17. The molecule has 1 aliphatic heterocycles. The number of hydrogen-bond donors (Lipinski definition) is 1.